The van der Waals surface area contributed by atoms with Gasteiger partial charge in [0.1, 0.15) is 11.9 Å². The summed E-state index contributed by atoms with van der Waals surface area (Å²) in [6.45, 7) is 1.97. The quantitative estimate of drug-likeness (QED) is 0.828. The summed E-state index contributed by atoms with van der Waals surface area (Å²) in [5.74, 6) is -0.269. The third-order valence-electron chi connectivity index (χ3n) is 5.65. The Morgan fingerprint density at radius 2 is 2.27 bits per heavy atom. The minimum absolute atomic E-state index is 0.113. The van der Waals surface area contributed by atoms with Gasteiger partial charge in [-0.3, -0.25) is 9.69 Å². The third kappa shape index (κ3) is 3.03. The molecule has 1 aliphatic carbocycles. The number of anilines is 1. The molecule has 26 heavy (non-hydrogen) atoms. The van der Waals surface area contributed by atoms with Crippen molar-refractivity contribution in [1.82, 2.24) is 10.4 Å². The number of cyclic esters (lactones) is 1. The maximum atomic E-state index is 14.7. The predicted octanol–water partition coefficient (Wildman–Crippen LogP) is 1.96. The number of hydrogen-bond donors (Lipinski definition) is 1. The molecule has 1 aromatic rings. The Labute approximate surface area is 150 Å². The second-order valence-corrected chi connectivity index (χ2v) is 7.35. The largest absolute Gasteiger partial charge is 0.756 e. The number of piperidine rings is 1. The molecule has 1 aromatic carbocycles. The molecule has 1 unspecified atom stereocenters. The third-order valence-corrected chi connectivity index (χ3v) is 5.65. The summed E-state index contributed by atoms with van der Waals surface area (Å²) >= 11 is 0. The van der Waals surface area contributed by atoms with Crippen LogP contribution in [0.3, 0.4) is 0 Å². The van der Waals surface area contributed by atoms with E-state index in [1.807, 2.05) is 0 Å². The molecule has 2 amide bonds. The summed E-state index contributed by atoms with van der Waals surface area (Å²) in [6.07, 6.45) is 0.680. The lowest BCUT2D eigenvalue weighted by Crippen LogP contribution is -2.34. The van der Waals surface area contributed by atoms with Gasteiger partial charge in [-0.1, -0.05) is 6.07 Å². The SMILES string of the molecule is CC(=O)N([O-])C[C@@H]1CN(c2ccc(C3C[C@H]4C[C@@H]3CN4)c(F)c2)C(=O)O1. The number of carbonyl (C=O) groups is 2. The van der Waals surface area contributed by atoms with E-state index < -0.39 is 18.1 Å². The number of nitrogens with zero attached hydrogens (tertiary/aromatic N) is 2. The lowest BCUT2D eigenvalue weighted by molar-refractivity contribution is -0.127. The van der Waals surface area contributed by atoms with Crippen LogP contribution in [-0.2, 0) is 9.53 Å². The van der Waals surface area contributed by atoms with Crippen molar-refractivity contribution in [3.05, 3.63) is 34.8 Å². The second kappa shape index (κ2) is 6.51. The Balaban J connectivity index is 1.47. The van der Waals surface area contributed by atoms with E-state index >= 15 is 0 Å². The standard InChI is InChI=1S/C18H21FN3O4/c1-10(23)22(25)9-14-8-21(18(24)26-14)13-2-3-15(17(19)6-13)16-5-12-4-11(16)7-20-12/h2-3,6,11-12,14,16,20H,4-5,7-9H2,1H3/q-1/t11-,12-,14+,16?/m1/s1. The van der Waals surface area contributed by atoms with Crippen LogP contribution in [0.2, 0.25) is 0 Å². The van der Waals surface area contributed by atoms with Gasteiger partial charge in [-0.2, -0.15) is 0 Å². The first kappa shape index (κ1) is 17.2. The number of ether oxygens (including phenoxy) is 1. The molecular weight excluding hydrogens is 341 g/mol. The number of nitrogens with one attached hydrogen (secondary N) is 1. The number of hydroxylamine groups is 2. The van der Waals surface area contributed by atoms with Gasteiger partial charge in [0, 0.05) is 19.5 Å². The van der Waals surface area contributed by atoms with Gasteiger partial charge in [0.05, 0.1) is 12.2 Å². The first-order valence-electron chi connectivity index (χ1n) is 8.88. The highest BCUT2D eigenvalue weighted by Gasteiger charge is 2.41. The van der Waals surface area contributed by atoms with E-state index in [4.69, 9.17) is 4.74 Å². The maximum Gasteiger partial charge on any atom is 0.414 e. The molecule has 1 N–H and O–H groups in total. The van der Waals surface area contributed by atoms with E-state index in [1.165, 1.54) is 11.0 Å². The molecule has 2 aliphatic heterocycles. The lowest BCUT2D eigenvalue weighted by atomic mass is 9.87. The first-order valence-corrected chi connectivity index (χ1v) is 8.88. The van der Waals surface area contributed by atoms with Crippen LogP contribution < -0.4 is 10.2 Å². The van der Waals surface area contributed by atoms with Gasteiger partial charge in [0.15, 0.2) is 0 Å². The first-order chi connectivity index (χ1) is 12.4. The molecule has 3 aliphatic rings. The average Bonchev–Trinajstić information content (AvgIpc) is 3.30. The van der Waals surface area contributed by atoms with Gasteiger partial charge in [0.2, 0.25) is 5.91 Å². The Kier molecular flexibility index (Phi) is 4.32. The highest BCUT2D eigenvalue weighted by atomic mass is 19.1. The summed E-state index contributed by atoms with van der Waals surface area (Å²) in [4.78, 5) is 24.4. The molecule has 4 atom stereocenters. The number of halogens is 1. The normalized spacial score (nSPS) is 30.0. The van der Waals surface area contributed by atoms with Gasteiger partial charge in [-0.15, -0.1) is 0 Å². The summed E-state index contributed by atoms with van der Waals surface area (Å²) in [5.41, 5.74) is 1.11. The zero-order valence-electron chi connectivity index (χ0n) is 14.5. The minimum atomic E-state index is -0.719. The van der Waals surface area contributed by atoms with Crippen molar-refractivity contribution in [2.45, 2.75) is 37.8 Å². The van der Waals surface area contributed by atoms with Crippen LogP contribution in [0.5, 0.6) is 0 Å². The van der Waals surface area contributed by atoms with Crippen LogP contribution in [0.1, 0.15) is 31.2 Å². The summed E-state index contributed by atoms with van der Waals surface area (Å²) in [7, 11) is 0. The van der Waals surface area contributed by atoms with Crippen LogP contribution in [0.25, 0.3) is 0 Å². The zero-order valence-corrected chi connectivity index (χ0v) is 14.5. The van der Waals surface area contributed by atoms with Crippen molar-refractivity contribution in [1.29, 1.82) is 0 Å². The van der Waals surface area contributed by atoms with Crippen molar-refractivity contribution >= 4 is 17.7 Å². The summed E-state index contributed by atoms with van der Waals surface area (Å²) in [6, 6.07) is 5.32. The number of rotatable bonds is 4. The fourth-order valence-corrected chi connectivity index (χ4v) is 4.34. The highest BCUT2D eigenvalue weighted by Crippen LogP contribution is 2.44. The van der Waals surface area contributed by atoms with Crippen molar-refractivity contribution in [3.63, 3.8) is 0 Å². The summed E-state index contributed by atoms with van der Waals surface area (Å²) in [5, 5.41) is 15.1. The van der Waals surface area contributed by atoms with Gasteiger partial charge >= 0.3 is 6.09 Å². The van der Waals surface area contributed by atoms with Crippen LogP contribution in [0, 0.1) is 16.9 Å². The van der Waals surface area contributed by atoms with Crippen LogP contribution in [-0.4, -0.2) is 48.8 Å². The van der Waals surface area contributed by atoms with Crippen molar-refractivity contribution in [2.75, 3.05) is 24.5 Å². The van der Waals surface area contributed by atoms with Crippen molar-refractivity contribution < 1.29 is 18.7 Å². The highest BCUT2D eigenvalue weighted by molar-refractivity contribution is 5.89. The molecule has 0 aromatic heterocycles. The van der Waals surface area contributed by atoms with E-state index in [-0.39, 0.29) is 29.9 Å². The number of benzene rings is 1. The Bertz CT molecular complexity index is 743. The van der Waals surface area contributed by atoms with E-state index in [9.17, 15) is 19.2 Å². The van der Waals surface area contributed by atoms with Gasteiger partial charge < -0.3 is 20.3 Å². The molecule has 7 nitrogen and oxygen atoms in total. The monoisotopic (exact) mass is 362 g/mol. The van der Waals surface area contributed by atoms with E-state index in [0.29, 0.717) is 23.2 Å². The zero-order chi connectivity index (χ0) is 18.4. The van der Waals surface area contributed by atoms with Crippen molar-refractivity contribution in [2.24, 2.45) is 5.92 Å². The Hall–Kier alpha value is -2.19. The smallest absolute Gasteiger partial charge is 0.414 e. The molecule has 8 heteroatoms. The van der Waals surface area contributed by atoms with Crippen LogP contribution in [0.15, 0.2) is 18.2 Å². The number of carbonyl (C=O) groups excluding carboxylic acids is 2. The fourth-order valence-electron chi connectivity index (χ4n) is 4.34. The molecule has 1 saturated carbocycles. The van der Waals surface area contributed by atoms with Gasteiger partial charge in [-0.05, 0) is 48.9 Å². The minimum Gasteiger partial charge on any atom is -0.756 e. The maximum absolute atomic E-state index is 14.7. The molecule has 140 valence electrons. The van der Waals surface area contributed by atoms with Gasteiger partial charge in [0.25, 0.3) is 0 Å². The predicted molar refractivity (Wildman–Crippen MR) is 92.0 cm³/mol. The average molecular weight is 362 g/mol. The van der Waals surface area contributed by atoms with Gasteiger partial charge in [-0.25, -0.2) is 9.18 Å². The van der Waals surface area contributed by atoms with Crippen LogP contribution >= 0.6 is 0 Å². The molecule has 4 rings (SSSR count). The number of hydrogen-bond acceptors (Lipinski definition) is 5. The molecule has 2 saturated heterocycles. The van der Waals surface area contributed by atoms with E-state index in [2.05, 4.69) is 5.32 Å². The van der Waals surface area contributed by atoms with E-state index in [1.54, 1.807) is 12.1 Å². The Morgan fingerprint density at radius 1 is 1.46 bits per heavy atom. The molecule has 3 fully saturated rings. The number of fused-ring (bicyclic) bond motifs is 2. The Morgan fingerprint density at radius 3 is 2.88 bits per heavy atom. The lowest BCUT2D eigenvalue weighted by Gasteiger charge is -2.28. The molecular formula is C18H21FN3O4-. The topological polar surface area (TPSA) is 84.9 Å². The fraction of sp³-hybridized carbons (Fsp3) is 0.556. The molecule has 0 radical (unpaired) electrons. The molecule has 2 bridgehead atoms. The molecule has 2 heterocycles. The van der Waals surface area contributed by atoms with E-state index in [0.717, 1.165) is 26.3 Å². The second-order valence-electron chi connectivity index (χ2n) is 7.35. The molecule has 0 spiro atoms. The summed E-state index contributed by atoms with van der Waals surface area (Å²) < 4.78 is 19.8. The van der Waals surface area contributed by atoms with Crippen molar-refractivity contribution in [3.8, 4) is 0 Å². The number of amides is 2. The van der Waals surface area contributed by atoms with Crippen LogP contribution in [0.4, 0.5) is 14.9 Å².